The van der Waals surface area contributed by atoms with Crippen LogP contribution in [0, 0.1) is 5.92 Å². The molecule has 0 aromatic heterocycles. The summed E-state index contributed by atoms with van der Waals surface area (Å²) >= 11 is 0. The van der Waals surface area contributed by atoms with E-state index in [2.05, 4.69) is 42.2 Å². The summed E-state index contributed by atoms with van der Waals surface area (Å²) in [5.41, 5.74) is 21.3. The first-order chi connectivity index (χ1) is 35.2. The lowest BCUT2D eigenvalue weighted by Gasteiger charge is -2.32. The maximum atomic E-state index is 14.0. The van der Waals surface area contributed by atoms with E-state index in [4.69, 9.17) is 28.0 Å². The molecule has 2 rings (SSSR count). The molecule has 32 heteroatoms. The van der Waals surface area contributed by atoms with Crippen LogP contribution in [0.25, 0.3) is 0 Å². The number of carboxylic acid groups (broad SMARTS) is 3. The number of hydrogen-bond acceptors (Lipinski definition) is 17. The zero-order valence-corrected chi connectivity index (χ0v) is 41.5. The van der Waals surface area contributed by atoms with Crippen LogP contribution in [0.2, 0.25) is 0 Å². The molecule has 75 heavy (non-hydrogen) atoms. The summed E-state index contributed by atoms with van der Waals surface area (Å²) in [4.78, 5) is 173. The number of nitrogens with one attached hydrogen (secondary N) is 7. The fraction of sp³-hybridized carbons (Fsp3) is 0.674. The molecule has 32 nitrogen and oxygen atoms in total. The number of likely N-dealkylation sites (tertiary alicyclic amines) is 2. The SMILES string of the molecule is CC(C)[C@H](NC(=O)[C@@H](N)CO)C(=O)NCC(=O)N[C@@H](CCC(N)=O)C(=O)N[C@@H](CC(=O)O)C(=O)N[C@@H](CO)C(=O)N1CCC[C@H]1C(=O)N[C@@H](CCC(=O)O)C(=O)N1CCC[C@H]1C(=O)N[C@@H](CCCN=C(N)N)C(=O)O. The minimum atomic E-state index is -2.02. The van der Waals surface area contributed by atoms with Crippen LogP contribution in [0.3, 0.4) is 0 Å². The molecule has 0 spiro atoms. The summed E-state index contributed by atoms with van der Waals surface area (Å²) in [5, 5.41) is 64.2. The van der Waals surface area contributed by atoms with Gasteiger partial charge in [-0.1, -0.05) is 13.8 Å². The Bertz CT molecular complexity index is 2140. The fourth-order valence-electron chi connectivity index (χ4n) is 7.90. The summed E-state index contributed by atoms with van der Waals surface area (Å²) in [6.45, 7) is 0.341. The number of primary amides is 1. The number of amides is 10. The lowest BCUT2D eigenvalue weighted by molar-refractivity contribution is -0.146. The van der Waals surface area contributed by atoms with Gasteiger partial charge in [-0.25, -0.2) is 4.79 Å². The number of carboxylic acids is 3. The van der Waals surface area contributed by atoms with Crippen LogP contribution in [0.1, 0.15) is 84.5 Å². The second-order valence-corrected chi connectivity index (χ2v) is 18.0. The first-order valence-electron chi connectivity index (χ1n) is 23.9. The average molecular weight is 1070 g/mol. The van der Waals surface area contributed by atoms with Crippen molar-refractivity contribution in [2.75, 3.05) is 39.4 Å². The van der Waals surface area contributed by atoms with Crippen molar-refractivity contribution in [1.29, 1.82) is 0 Å². The third-order valence-electron chi connectivity index (χ3n) is 11.8. The number of aliphatic imine (C=N–C) groups is 1. The molecule has 420 valence electrons. The number of carbonyl (C=O) groups is 13. The molecule has 2 aliphatic heterocycles. The molecular formula is C43H70N14O18. The third kappa shape index (κ3) is 21.0. The molecule has 2 fully saturated rings. The van der Waals surface area contributed by atoms with Crippen molar-refractivity contribution < 1.29 is 87.9 Å². The monoisotopic (exact) mass is 1070 g/mol. The van der Waals surface area contributed by atoms with Crippen molar-refractivity contribution in [2.45, 2.75) is 139 Å². The molecule has 0 unspecified atom stereocenters. The highest BCUT2D eigenvalue weighted by atomic mass is 16.4. The number of nitrogens with zero attached hydrogens (tertiary/aromatic N) is 3. The quantitative estimate of drug-likeness (QED) is 0.0169. The molecule has 0 aromatic carbocycles. The first-order valence-corrected chi connectivity index (χ1v) is 23.9. The molecule has 9 atom stereocenters. The number of aliphatic hydroxyl groups excluding tert-OH is 2. The molecule has 0 radical (unpaired) electrons. The minimum absolute atomic E-state index is 0.0255. The van der Waals surface area contributed by atoms with Gasteiger partial charge in [0.1, 0.15) is 54.4 Å². The van der Waals surface area contributed by atoms with Gasteiger partial charge in [0, 0.05) is 32.5 Å². The fourth-order valence-corrected chi connectivity index (χ4v) is 7.90. The lowest BCUT2D eigenvalue weighted by Crippen LogP contribution is -2.60. The Morgan fingerprint density at radius 3 is 1.63 bits per heavy atom. The van der Waals surface area contributed by atoms with E-state index in [-0.39, 0.29) is 64.1 Å². The highest BCUT2D eigenvalue weighted by Gasteiger charge is 2.43. The maximum Gasteiger partial charge on any atom is 0.326 e. The molecular weight excluding hydrogens is 1000 g/mol. The maximum absolute atomic E-state index is 14.0. The van der Waals surface area contributed by atoms with E-state index in [1.807, 2.05) is 0 Å². The normalized spacial score (nSPS) is 17.8. The topological polar surface area (TPSA) is 530 Å². The number of carbonyl (C=O) groups excluding carboxylic acids is 10. The summed E-state index contributed by atoms with van der Waals surface area (Å²) < 4.78 is 0. The molecule has 0 bridgehead atoms. The number of guanidine groups is 1. The van der Waals surface area contributed by atoms with E-state index in [1.165, 1.54) is 0 Å². The van der Waals surface area contributed by atoms with E-state index < -0.39 is 189 Å². The largest absolute Gasteiger partial charge is 0.481 e. The summed E-state index contributed by atoms with van der Waals surface area (Å²) in [5.74, 6) is -15.2. The number of hydrogen-bond donors (Lipinski definition) is 16. The van der Waals surface area contributed by atoms with E-state index in [1.54, 1.807) is 13.8 Å². The van der Waals surface area contributed by atoms with Crippen molar-refractivity contribution in [2.24, 2.45) is 33.8 Å². The molecule has 2 aliphatic rings. The number of aliphatic carboxylic acids is 3. The third-order valence-corrected chi connectivity index (χ3v) is 11.8. The van der Waals surface area contributed by atoms with Crippen LogP contribution in [-0.4, -0.2) is 212 Å². The molecule has 0 aromatic rings. The predicted octanol–water partition coefficient (Wildman–Crippen LogP) is -8.30. The number of aliphatic hydroxyl groups is 2. The summed E-state index contributed by atoms with van der Waals surface area (Å²) in [6.07, 6.45) is -2.68. The Labute approximate surface area is 429 Å². The van der Waals surface area contributed by atoms with Crippen molar-refractivity contribution >= 4 is 82.9 Å². The van der Waals surface area contributed by atoms with Crippen molar-refractivity contribution in [3.63, 3.8) is 0 Å². The van der Waals surface area contributed by atoms with E-state index in [0.717, 1.165) is 9.80 Å². The van der Waals surface area contributed by atoms with Crippen LogP contribution in [0.15, 0.2) is 4.99 Å². The van der Waals surface area contributed by atoms with Gasteiger partial charge >= 0.3 is 17.9 Å². The zero-order chi connectivity index (χ0) is 56.7. The van der Waals surface area contributed by atoms with Gasteiger partial charge in [0.2, 0.25) is 59.1 Å². The van der Waals surface area contributed by atoms with Crippen LogP contribution >= 0.6 is 0 Å². The van der Waals surface area contributed by atoms with Crippen molar-refractivity contribution in [3.8, 4) is 0 Å². The van der Waals surface area contributed by atoms with Crippen LogP contribution in [-0.2, 0) is 62.3 Å². The van der Waals surface area contributed by atoms with Crippen molar-refractivity contribution in [3.05, 3.63) is 0 Å². The van der Waals surface area contributed by atoms with Gasteiger partial charge in [0.15, 0.2) is 5.96 Å². The molecule has 0 saturated carbocycles. The Morgan fingerprint density at radius 2 is 1.13 bits per heavy atom. The standard InChI is InChI=1S/C43H70N14O18/c1-20(2)33(55-34(66)21(44)18-58)39(71)49-17-30(61)50-22(9-11-29(45)60)35(67)53-25(16-32(64)65)36(68)54-26(19-59)41(73)57-15-5-7-27(57)37(69)51-23(10-12-31(62)63)40(72)56-14-4-8-28(56)38(70)52-24(42(74)75)6-3-13-48-43(46)47/h20-28,33,58-59H,3-19,44H2,1-2H3,(H2,45,60)(H,49,71)(H,50,61)(H,51,69)(H,52,70)(H,53,67)(H,54,68)(H,55,66)(H,62,63)(H,64,65)(H,74,75)(H4,46,47,48)/t21-,22-,23-,24-,25-,26-,27-,28-,33-/m0/s1. The van der Waals surface area contributed by atoms with Gasteiger partial charge in [-0.15, -0.1) is 0 Å². The van der Waals surface area contributed by atoms with E-state index >= 15 is 0 Å². The zero-order valence-electron chi connectivity index (χ0n) is 41.5. The van der Waals surface area contributed by atoms with E-state index in [0.29, 0.717) is 0 Å². The Hall–Kier alpha value is -7.74. The second kappa shape index (κ2) is 31.1. The molecule has 10 amide bonds. The van der Waals surface area contributed by atoms with Gasteiger partial charge < -0.3 is 95.5 Å². The summed E-state index contributed by atoms with van der Waals surface area (Å²) in [7, 11) is 0. The molecule has 0 aliphatic carbocycles. The Kier molecular flexibility index (Phi) is 26.3. The van der Waals surface area contributed by atoms with Gasteiger partial charge in [-0.2, -0.15) is 0 Å². The lowest BCUT2D eigenvalue weighted by atomic mass is 10.0. The number of rotatable bonds is 32. The predicted molar refractivity (Wildman–Crippen MR) is 256 cm³/mol. The van der Waals surface area contributed by atoms with Gasteiger partial charge in [0.05, 0.1) is 26.2 Å². The minimum Gasteiger partial charge on any atom is -0.481 e. The Morgan fingerprint density at radius 1 is 0.600 bits per heavy atom. The van der Waals surface area contributed by atoms with Crippen LogP contribution in [0.5, 0.6) is 0 Å². The van der Waals surface area contributed by atoms with Gasteiger partial charge in [0.25, 0.3) is 0 Å². The smallest absolute Gasteiger partial charge is 0.326 e. The Balaban J connectivity index is 2.24. The van der Waals surface area contributed by atoms with Gasteiger partial charge in [-0.3, -0.25) is 62.5 Å². The summed E-state index contributed by atoms with van der Waals surface area (Å²) in [6, 6.07) is -13.7. The highest BCUT2D eigenvalue weighted by molar-refractivity contribution is 5.99. The second-order valence-electron chi connectivity index (χ2n) is 18.0. The molecule has 2 heterocycles. The van der Waals surface area contributed by atoms with Crippen molar-refractivity contribution in [1.82, 2.24) is 47.0 Å². The van der Waals surface area contributed by atoms with Gasteiger partial charge in [-0.05, 0) is 57.3 Å². The molecule has 20 N–H and O–H groups in total. The van der Waals surface area contributed by atoms with E-state index in [9.17, 15) is 82.8 Å². The molecule has 2 saturated heterocycles. The average Bonchev–Trinajstić information content (AvgIpc) is 4.05. The van der Waals surface area contributed by atoms with Crippen LogP contribution in [0.4, 0.5) is 0 Å². The van der Waals surface area contributed by atoms with Crippen LogP contribution < -0.4 is 60.2 Å². The first kappa shape index (κ1) is 63.4. The number of nitrogens with two attached hydrogens (primary N) is 4. The highest BCUT2D eigenvalue weighted by Crippen LogP contribution is 2.23.